The van der Waals surface area contributed by atoms with E-state index in [0.717, 1.165) is 6.42 Å². The molecule has 0 aliphatic heterocycles. The van der Waals surface area contributed by atoms with Gasteiger partial charge in [0.2, 0.25) is 11.0 Å². The van der Waals surface area contributed by atoms with E-state index in [-0.39, 0.29) is 0 Å². The van der Waals surface area contributed by atoms with Crippen molar-refractivity contribution in [1.82, 2.24) is 4.91 Å². The topological polar surface area (TPSA) is 114 Å². The van der Waals surface area contributed by atoms with Crippen molar-refractivity contribution in [1.29, 1.82) is 5.53 Å². The van der Waals surface area contributed by atoms with Crippen molar-refractivity contribution >= 4 is 5.97 Å². The van der Waals surface area contributed by atoms with Crippen LogP contribution in [0, 0.1) is 5.53 Å². The van der Waals surface area contributed by atoms with E-state index in [4.69, 9.17) is 16.4 Å². The summed E-state index contributed by atoms with van der Waals surface area (Å²) in [5.74, 6) is -1.04. The fraction of sp³-hybridized carbons (Fsp3) is 0.833. The summed E-state index contributed by atoms with van der Waals surface area (Å²) in [6, 6.07) is -0.881. The summed E-state index contributed by atoms with van der Waals surface area (Å²) in [7, 11) is 0. The Morgan fingerprint density at radius 3 is 2.75 bits per heavy atom. The molecule has 0 spiro atoms. The standard InChI is InChI=1S/C6H12N4O2/c7-4-2-1-3-5(6(11)12)9-10-8/h5,8H,1-4,7H2/p+1. The molecule has 0 amide bonds. The molecule has 0 rings (SSSR count). The molecule has 6 heteroatoms. The van der Waals surface area contributed by atoms with Gasteiger partial charge in [0.15, 0.2) is 0 Å². The lowest BCUT2D eigenvalue weighted by Crippen LogP contribution is -2.18. The number of aliphatic carboxylic acids is 1. The average Bonchev–Trinajstić information content (AvgIpc) is 2.03. The molecule has 0 aliphatic rings. The fourth-order valence-corrected chi connectivity index (χ4v) is 0.782. The van der Waals surface area contributed by atoms with E-state index in [0.29, 0.717) is 19.4 Å². The number of carbonyl (C=O) groups is 1. The third-order valence-corrected chi connectivity index (χ3v) is 1.41. The highest BCUT2D eigenvalue weighted by molar-refractivity contribution is 5.73. The van der Waals surface area contributed by atoms with Crippen LogP contribution in [0.2, 0.25) is 0 Å². The molecule has 6 nitrogen and oxygen atoms in total. The molecule has 12 heavy (non-hydrogen) atoms. The van der Waals surface area contributed by atoms with E-state index in [1.54, 1.807) is 0 Å². The van der Waals surface area contributed by atoms with Crippen LogP contribution in [0.3, 0.4) is 0 Å². The quantitative estimate of drug-likeness (QED) is 0.301. The van der Waals surface area contributed by atoms with E-state index >= 15 is 0 Å². The molecule has 0 aromatic rings. The van der Waals surface area contributed by atoms with Gasteiger partial charge in [-0.2, -0.15) is 0 Å². The molecule has 0 bridgehead atoms. The normalized spacial score (nSPS) is 11.8. The van der Waals surface area contributed by atoms with Crippen molar-refractivity contribution in [2.24, 2.45) is 10.8 Å². The van der Waals surface area contributed by atoms with Crippen LogP contribution in [-0.4, -0.2) is 23.7 Å². The summed E-state index contributed by atoms with van der Waals surface area (Å²) >= 11 is 0. The lowest BCUT2D eigenvalue weighted by Gasteiger charge is -1.98. The predicted octanol–water partition coefficient (Wildman–Crippen LogP) is 0.119. The number of carboxylic acid groups (broad SMARTS) is 1. The maximum Gasteiger partial charge on any atom is 0.336 e. The second kappa shape index (κ2) is 6.45. The zero-order valence-corrected chi connectivity index (χ0v) is 6.73. The van der Waals surface area contributed by atoms with Gasteiger partial charge in [0, 0.05) is 0 Å². The van der Waals surface area contributed by atoms with Crippen LogP contribution in [-0.2, 0) is 4.79 Å². The molecular formula is C6H13N4O2+. The highest BCUT2D eigenvalue weighted by Gasteiger charge is 2.20. The Labute approximate surface area is 70.0 Å². The number of hydrogen-bond donors (Lipinski definition) is 3. The summed E-state index contributed by atoms with van der Waals surface area (Å²) in [5, 5.41) is 11.8. The molecule has 0 aromatic carbocycles. The van der Waals surface area contributed by atoms with Gasteiger partial charge in [-0.25, -0.2) is 4.79 Å². The van der Waals surface area contributed by atoms with Gasteiger partial charge in [0.05, 0.1) is 0 Å². The number of nitrogens with one attached hydrogen (secondary N) is 1. The molecular weight excluding hydrogens is 160 g/mol. The van der Waals surface area contributed by atoms with Crippen LogP contribution in [0.5, 0.6) is 0 Å². The van der Waals surface area contributed by atoms with Gasteiger partial charge in [0.1, 0.15) is 10.6 Å². The Balaban J connectivity index is 3.79. The van der Waals surface area contributed by atoms with E-state index in [2.05, 4.69) is 10.0 Å². The first kappa shape index (κ1) is 10.7. The molecule has 1 unspecified atom stereocenters. The van der Waals surface area contributed by atoms with Crippen LogP contribution in [0.4, 0.5) is 0 Å². The maximum absolute atomic E-state index is 10.4. The van der Waals surface area contributed by atoms with Gasteiger partial charge >= 0.3 is 5.97 Å². The summed E-state index contributed by atoms with van der Waals surface area (Å²) in [5.41, 5.74) is 11.6. The highest BCUT2D eigenvalue weighted by Crippen LogP contribution is 2.03. The minimum absolute atomic E-state index is 0.398. The molecule has 0 aromatic heterocycles. The molecule has 68 valence electrons. The molecule has 4 N–H and O–H groups in total. The van der Waals surface area contributed by atoms with Gasteiger partial charge in [-0.3, -0.25) is 0 Å². The largest absolute Gasteiger partial charge is 0.479 e. The SMILES string of the molecule is N=[N+]=NC(CCCCN)C(=O)O. The molecule has 1 atom stereocenters. The summed E-state index contributed by atoms with van der Waals surface area (Å²) in [6.45, 7) is 0.546. The Bertz CT molecular complexity index is 186. The summed E-state index contributed by atoms with van der Waals surface area (Å²) < 4.78 is 0. The van der Waals surface area contributed by atoms with E-state index < -0.39 is 12.0 Å². The van der Waals surface area contributed by atoms with Crippen LogP contribution in [0.25, 0.3) is 0 Å². The summed E-state index contributed by atoms with van der Waals surface area (Å²) in [4.78, 5) is 13.1. The zero-order valence-electron chi connectivity index (χ0n) is 6.73. The minimum Gasteiger partial charge on any atom is -0.479 e. The number of hydrogen-bond acceptors (Lipinski definition) is 4. The van der Waals surface area contributed by atoms with Crippen molar-refractivity contribution < 1.29 is 9.90 Å². The van der Waals surface area contributed by atoms with Gasteiger partial charge in [-0.1, -0.05) is 0 Å². The first-order chi connectivity index (χ1) is 5.72. The molecule has 0 radical (unpaired) electrons. The zero-order chi connectivity index (χ0) is 9.40. The van der Waals surface area contributed by atoms with Gasteiger partial charge in [-0.15, -0.1) is 0 Å². The van der Waals surface area contributed by atoms with Gasteiger partial charge < -0.3 is 10.8 Å². The molecule has 0 heterocycles. The number of rotatable bonds is 6. The average molecular weight is 173 g/mol. The number of nitrogens with two attached hydrogens (primary N) is 1. The number of nitrogens with zero attached hydrogens (tertiary/aromatic N) is 2. The predicted molar refractivity (Wildman–Crippen MR) is 41.6 cm³/mol. The fourth-order valence-electron chi connectivity index (χ4n) is 0.782. The van der Waals surface area contributed by atoms with Crippen molar-refractivity contribution in [2.75, 3.05) is 6.54 Å². The molecule has 0 fully saturated rings. The second-order valence-corrected chi connectivity index (χ2v) is 2.35. The van der Waals surface area contributed by atoms with Crippen molar-refractivity contribution in [3.8, 4) is 0 Å². The Kier molecular flexibility index (Phi) is 5.77. The van der Waals surface area contributed by atoms with E-state index in [9.17, 15) is 4.79 Å². The lowest BCUT2D eigenvalue weighted by atomic mass is 10.1. The first-order valence-electron chi connectivity index (χ1n) is 3.71. The number of carboxylic acids is 1. The molecule has 0 saturated carbocycles. The van der Waals surface area contributed by atoms with Crippen LogP contribution >= 0.6 is 0 Å². The minimum atomic E-state index is -1.04. The third kappa shape index (κ3) is 4.54. The Morgan fingerprint density at radius 2 is 2.33 bits per heavy atom. The third-order valence-electron chi connectivity index (χ3n) is 1.41. The second-order valence-electron chi connectivity index (χ2n) is 2.35. The lowest BCUT2D eigenvalue weighted by molar-refractivity contribution is -0.138. The van der Waals surface area contributed by atoms with Crippen LogP contribution in [0.15, 0.2) is 5.11 Å². The van der Waals surface area contributed by atoms with Crippen LogP contribution < -0.4 is 10.6 Å². The van der Waals surface area contributed by atoms with Crippen LogP contribution in [0.1, 0.15) is 19.3 Å². The first-order valence-corrected chi connectivity index (χ1v) is 3.71. The van der Waals surface area contributed by atoms with E-state index in [1.165, 1.54) is 0 Å². The molecule has 0 saturated heterocycles. The van der Waals surface area contributed by atoms with Crippen molar-refractivity contribution in [2.45, 2.75) is 25.3 Å². The number of unbranched alkanes of at least 4 members (excludes halogenated alkanes) is 1. The van der Waals surface area contributed by atoms with E-state index in [1.807, 2.05) is 0 Å². The van der Waals surface area contributed by atoms with Crippen molar-refractivity contribution in [3.63, 3.8) is 0 Å². The maximum atomic E-state index is 10.4. The van der Waals surface area contributed by atoms with Crippen molar-refractivity contribution in [3.05, 3.63) is 0 Å². The Morgan fingerprint density at radius 1 is 1.67 bits per heavy atom. The monoisotopic (exact) mass is 173 g/mol. The van der Waals surface area contributed by atoms with Gasteiger partial charge in [0.25, 0.3) is 0 Å². The smallest absolute Gasteiger partial charge is 0.336 e. The highest BCUT2D eigenvalue weighted by atomic mass is 16.4. The Hall–Kier alpha value is -1.26. The van der Waals surface area contributed by atoms with Gasteiger partial charge in [-0.05, 0) is 25.8 Å². The molecule has 0 aliphatic carbocycles. The summed E-state index contributed by atoms with van der Waals surface area (Å²) in [6.07, 6.45) is 1.87.